The summed E-state index contributed by atoms with van der Waals surface area (Å²) in [5, 5.41) is 0. The molecule has 128 valence electrons. The Bertz CT molecular complexity index is 1020. The van der Waals surface area contributed by atoms with Gasteiger partial charge in [0, 0.05) is 0 Å². The third-order valence-corrected chi connectivity index (χ3v) is 5.81. The molecule has 0 aliphatic carbocycles. The van der Waals surface area contributed by atoms with Crippen molar-refractivity contribution in [3.05, 3.63) is 53.6 Å². The van der Waals surface area contributed by atoms with Gasteiger partial charge in [-0.3, -0.25) is 4.90 Å². The lowest BCUT2D eigenvalue weighted by molar-refractivity contribution is 0.254. The first-order chi connectivity index (χ1) is 11.9. The van der Waals surface area contributed by atoms with Gasteiger partial charge in [-0.05, 0) is 50.1 Å². The fourth-order valence-electron chi connectivity index (χ4n) is 2.79. The van der Waals surface area contributed by atoms with E-state index in [2.05, 4.69) is 11.8 Å². The van der Waals surface area contributed by atoms with E-state index >= 15 is 0 Å². The summed E-state index contributed by atoms with van der Waals surface area (Å²) in [5.74, 6) is 5.60. The van der Waals surface area contributed by atoms with Crippen LogP contribution in [0.4, 0.5) is 16.2 Å². The molecule has 0 radical (unpaired) electrons. The molecule has 0 saturated carbocycles. The zero-order valence-electron chi connectivity index (χ0n) is 14.3. The molecule has 2 aromatic carbocycles. The smallest absolute Gasteiger partial charge is 0.280 e. The fraction of sp³-hybridized carbons (Fsp3) is 0.211. The SMILES string of the molecule is CC#CCN1C(=O)N(c2cc(C)ccc2C)S(=O)(=O)c2ccccc21. The Kier molecular flexibility index (Phi) is 4.27. The van der Waals surface area contributed by atoms with Crippen molar-refractivity contribution >= 4 is 27.4 Å². The minimum absolute atomic E-state index is 0.105. The molecule has 2 aromatic rings. The molecule has 0 unspecified atom stereocenters. The van der Waals surface area contributed by atoms with Gasteiger partial charge in [0.2, 0.25) is 0 Å². The molecule has 0 fully saturated rings. The summed E-state index contributed by atoms with van der Waals surface area (Å²) in [7, 11) is -3.99. The molecule has 0 N–H and O–H groups in total. The first-order valence-corrected chi connectivity index (χ1v) is 9.24. The number of hydrogen-bond acceptors (Lipinski definition) is 3. The number of rotatable bonds is 2. The van der Waals surface area contributed by atoms with Gasteiger partial charge in [0.25, 0.3) is 10.0 Å². The maximum atomic E-state index is 13.1. The molecule has 0 atom stereocenters. The number of sulfonamides is 1. The molecule has 2 amide bonds. The molecule has 0 saturated heterocycles. The van der Waals surface area contributed by atoms with Gasteiger partial charge in [-0.15, -0.1) is 5.92 Å². The van der Waals surface area contributed by atoms with Crippen molar-refractivity contribution in [2.45, 2.75) is 25.7 Å². The van der Waals surface area contributed by atoms with Crippen LogP contribution in [0.3, 0.4) is 0 Å². The zero-order chi connectivity index (χ0) is 18.2. The molecule has 6 heteroatoms. The Morgan fingerprint density at radius 3 is 2.48 bits per heavy atom. The van der Waals surface area contributed by atoms with Crippen LogP contribution in [0.5, 0.6) is 0 Å². The van der Waals surface area contributed by atoms with Crippen molar-refractivity contribution < 1.29 is 13.2 Å². The van der Waals surface area contributed by atoms with Crippen LogP contribution >= 0.6 is 0 Å². The van der Waals surface area contributed by atoms with Crippen LogP contribution in [0.2, 0.25) is 0 Å². The van der Waals surface area contributed by atoms with Crippen LogP contribution in [0, 0.1) is 25.7 Å². The number of urea groups is 1. The highest BCUT2D eigenvalue weighted by Crippen LogP contribution is 2.38. The van der Waals surface area contributed by atoms with Gasteiger partial charge in [-0.25, -0.2) is 13.2 Å². The topological polar surface area (TPSA) is 57.7 Å². The van der Waals surface area contributed by atoms with Gasteiger partial charge in [-0.1, -0.05) is 30.2 Å². The number of carbonyl (C=O) groups is 1. The van der Waals surface area contributed by atoms with Crippen LogP contribution in [0.15, 0.2) is 47.4 Å². The van der Waals surface area contributed by atoms with Gasteiger partial charge < -0.3 is 0 Å². The number of hydrogen-bond donors (Lipinski definition) is 0. The van der Waals surface area contributed by atoms with Gasteiger partial charge in [0.05, 0.1) is 17.9 Å². The second-order valence-electron chi connectivity index (χ2n) is 5.82. The fourth-order valence-corrected chi connectivity index (χ4v) is 4.44. The summed E-state index contributed by atoms with van der Waals surface area (Å²) in [6, 6.07) is 11.3. The van der Waals surface area contributed by atoms with Gasteiger partial charge in [0.1, 0.15) is 4.90 Å². The Balaban J connectivity index is 2.27. The molecule has 0 aromatic heterocycles. The van der Waals surface area contributed by atoms with Crippen molar-refractivity contribution in [3.8, 4) is 11.8 Å². The number of fused-ring (bicyclic) bond motifs is 1. The maximum absolute atomic E-state index is 13.1. The highest BCUT2D eigenvalue weighted by Gasteiger charge is 2.42. The predicted molar refractivity (Wildman–Crippen MR) is 98.2 cm³/mol. The Labute approximate surface area is 147 Å². The van der Waals surface area contributed by atoms with Gasteiger partial charge >= 0.3 is 6.03 Å². The second kappa shape index (κ2) is 6.26. The third kappa shape index (κ3) is 2.77. The lowest BCUT2D eigenvalue weighted by atomic mass is 10.1. The van der Waals surface area contributed by atoms with E-state index in [-0.39, 0.29) is 11.4 Å². The number of para-hydroxylation sites is 1. The number of aryl methyl sites for hydroxylation is 2. The van der Waals surface area contributed by atoms with E-state index in [4.69, 9.17) is 0 Å². The van der Waals surface area contributed by atoms with Crippen LogP contribution in [-0.4, -0.2) is 21.0 Å². The normalized spacial score (nSPS) is 15.4. The monoisotopic (exact) mass is 354 g/mol. The van der Waals surface area contributed by atoms with Crippen molar-refractivity contribution in [1.82, 2.24) is 0 Å². The summed E-state index contributed by atoms with van der Waals surface area (Å²) in [5.41, 5.74) is 2.32. The quantitative estimate of drug-likeness (QED) is 0.776. The van der Waals surface area contributed by atoms with Crippen LogP contribution in [-0.2, 0) is 10.0 Å². The van der Waals surface area contributed by atoms with E-state index in [0.29, 0.717) is 16.9 Å². The number of carbonyl (C=O) groups excluding carboxylic acids is 1. The van der Waals surface area contributed by atoms with Gasteiger partial charge in [-0.2, -0.15) is 4.31 Å². The van der Waals surface area contributed by atoms with Crippen molar-refractivity contribution in [1.29, 1.82) is 0 Å². The highest BCUT2D eigenvalue weighted by molar-refractivity contribution is 7.94. The first kappa shape index (κ1) is 17.1. The van der Waals surface area contributed by atoms with Crippen molar-refractivity contribution in [2.24, 2.45) is 0 Å². The molecule has 1 aliphatic rings. The average Bonchev–Trinajstić information content (AvgIpc) is 2.58. The Morgan fingerprint density at radius 2 is 1.76 bits per heavy atom. The number of amides is 2. The maximum Gasteiger partial charge on any atom is 0.344 e. The van der Waals surface area contributed by atoms with E-state index in [0.717, 1.165) is 9.87 Å². The summed E-state index contributed by atoms with van der Waals surface area (Å²) in [4.78, 5) is 14.6. The van der Waals surface area contributed by atoms with E-state index in [1.54, 1.807) is 38.1 Å². The number of anilines is 2. The molecular formula is C19H18N2O3S. The number of benzene rings is 2. The Hall–Kier alpha value is -2.78. The summed E-state index contributed by atoms with van der Waals surface area (Å²) in [6.45, 7) is 5.45. The molecule has 3 rings (SSSR count). The zero-order valence-corrected chi connectivity index (χ0v) is 15.1. The molecular weight excluding hydrogens is 336 g/mol. The molecule has 0 spiro atoms. The minimum atomic E-state index is -3.99. The third-order valence-electron chi connectivity index (χ3n) is 4.08. The second-order valence-corrected chi connectivity index (χ2v) is 7.58. The predicted octanol–water partition coefficient (Wildman–Crippen LogP) is 3.46. The number of nitrogens with zero attached hydrogens (tertiary/aromatic N) is 2. The molecule has 25 heavy (non-hydrogen) atoms. The molecule has 1 aliphatic heterocycles. The van der Waals surface area contributed by atoms with E-state index in [1.165, 1.54) is 11.0 Å². The van der Waals surface area contributed by atoms with E-state index < -0.39 is 16.1 Å². The van der Waals surface area contributed by atoms with Crippen LogP contribution in [0.1, 0.15) is 18.1 Å². The van der Waals surface area contributed by atoms with Crippen LogP contribution in [0.25, 0.3) is 0 Å². The van der Waals surface area contributed by atoms with Crippen LogP contribution < -0.4 is 9.21 Å². The highest BCUT2D eigenvalue weighted by atomic mass is 32.2. The van der Waals surface area contributed by atoms with Crippen molar-refractivity contribution in [2.75, 3.05) is 15.7 Å². The standard InChI is InChI=1S/C19H18N2O3S/c1-4-5-12-20-16-8-6-7-9-18(16)25(23,24)21(19(20)22)17-13-14(2)10-11-15(17)3/h6-11,13H,12H2,1-3H3. The first-order valence-electron chi connectivity index (χ1n) is 7.80. The minimum Gasteiger partial charge on any atom is -0.280 e. The Morgan fingerprint density at radius 1 is 1.04 bits per heavy atom. The summed E-state index contributed by atoms with van der Waals surface area (Å²) in [6.07, 6.45) is 0. The van der Waals surface area contributed by atoms with Crippen molar-refractivity contribution in [3.63, 3.8) is 0 Å². The largest absolute Gasteiger partial charge is 0.344 e. The van der Waals surface area contributed by atoms with Gasteiger partial charge in [0.15, 0.2) is 0 Å². The van der Waals surface area contributed by atoms with E-state index in [1.807, 2.05) is 19.1 Å². The molecule has 1 heterocycles. The summed E-state index contributed by atoms with van der Waals surface area (Å²) < 4.78 is 27.2. The molecule has 5 nitrogen and oxygen atoms in total. The lowest BCUT2D eigenvalue weighted by Crippen LogP contribution is -2.51. The average molecular weight is 354 g/mol. The lowest BCUT2D eigenvalue weighted by Gasteiger charge is -2.36. The summed E-state index contributed by atoms with van der Waals surface area (Å²) >= 11 is 0. The molecule has 0 bridgehead atoms. The van der Waals surface area contributed by atoms with E-state index in [9.17, 15) is 13.2 Å².